The van der Waals surface area contributed by atoms with Gasteiger partial charge in [-0.1, -0.05) is 41.3 Å². The van der Waals surface area contributed by atoms with Gasteiger partial charge in [0.1, 0.15) is 5.51 Å². The number of rotatable bonds is 3. The van der Waals surface area contributed by atoms with Gasteiger partial charge in [0.25, 0.3) is 0 Å². The van der Waals surface area contributed by atoms with E-state index in [1.165, 1.54) is 28.7 Å². The van der Waals surface area contributed by atoms with Gasteiger partial charge in [-0.3, -0.25) is 4.79 Å². The molecule has 3 rings (SSSR count). The summed E-state index contributed by atoms with van der Waals surface area (Å²) in [6.45, 7) is 2.70. The van der Waals surface area contributed by atoms with Crippen LogP contribution >= 0.6 is 23.1 Å². The standard InChI is InChI=1S/C13H13N3OS2/c1-9(19-13-15-14-8-18-13)12(17)16-7-6-10-4-2-3-5-11(10)16/h2-5,8-9H,6-7H2,1H3. The Labute approximate surface area is 119 Å². The lowest BCUT2D eigenvalue weighted by molar-refractivity contribution is -0.117. The van der Waals surface area contributed by atoms with E-state index in [0.29, 0.717) is 0 Å². The molecule has 0 saturated carbocycles. The Kier molecular flexibility index (Phi) is 3.52. The lowest BCUT2D eigenvalue weighted by Crippen LogP contribution is -2.35. The van der Waals surface area contributed by atoms with E-state index in [-0.39, 0.29) is 11.2 Å². The molecule has 4 nitrogen and oxygen atoms in total. The fourth-order valence-electron chi connectivity index (χ4n) is 2.20. The summed E-state index contributed by atoms with van der Waals surface area (Å²) < 4.78 is 0.841. The summed E-state index contributed by atoms with van der Waals surface area (Å²) in [5.74, 6) is 0.144. The Morgan fingerprint density at radius 1 is 1.47 bits per heavy atom. The van der Waals surface area contributed by atoms with Crippen LogP contribution in [0.1, 0.15) is 12.5 Å². The van der Waals surface area contributed by atoms with Gasteiger partial charge in [0.15, 0.2) is 4.34 Å². The van der Waals surface area contributed by atoms with Crippen LogP contribution in [0, 0.1) is 0 Å². The van der Waals surface area contributed by atoms with Crippen LogP contribution < -0.4 is 4.90 Å². The minimum Gasteiger partial charge on any atom is -0.311 e. The predicted molar refractivity (Wildman–Crippen MR) is 77.7 cm³/mol. The van der Waals surface area contributed by atoms with Crippen LogP contribution in [-0.4, -0.2) is 27.9 Å². The molecule has 1 aromatic heterocycles. The maximum absolute atomic E-state index is 12.5. The van der Waals surface area contributed by atoms with Crippen LogP contribution in [0.5, 0.6) is 0 Å². The van der Waals surface area contributed by atoms with E-state index >= 15 is 0 Å². The Morgan fingerprint density at radius 3 is 3.11 bits per heavy atom. The van der Waals surface area contributed by atoms with E-state index in [0.717, 1.165) is 23.0 Å². The van der Waals surface area contributed by atoms with Gasteiger partial charge < -0.3 is 4.90 Å². The fourth-order valence-corrected chi connectivity index (χ4v) is 3.89. The van der Waals surface area contributed by atoms with Crippen LogP contribution in [0.3, 0.4) is 0 Å². The van der Waals surface area contributed by atoms with Crippen LogP contribution in [-0.2, 0) is 11.2 Å². The third-order valence-corrected chi connectivity index (χ3v) is 5.02. The number of thioether (sulfide) groups is 1. The van der Waals surface area contributed by atoms with Gasteiger partial charge in [-0.15, -0.1) is 10.2 Å². The first kappa shape index (κ1) is 12.6. The Hall–Kier alpha value is -1.40. The zero-order chi connectivity index (χ0) is 13.2. The normalized spacial score (nSPS) is 15.3. The van der Waals surface area contributed by atoms with E-state index < -0.39 is 0 Å². The Bertz CT molecular complexity index is 585. The maximum atomic E-state index is 12.5. The summed E-state index contributed by atoms with van der Waals surface area (Å²) in [6.07, 6.45) is 0.943. The number of hydrogen-bond acceptors (Lipinski definition) is 5. The summed E-state index contributed by atoms with van der Waals surface area (Å²) in [7, 11) is 0. The third kappa shape index (κ3) is 2.50. The summed E-state index contributed by atoms with van der Waals surface area (Å²) in [5.41, 5.74) is 3.99. The van der Waals surface area contributed by atoms with Gasteiger partial charge in [-0.25, -0.2) is 0 Å². The van der Waals surface area contributed by atoms with E-state index in [1.54, 1.807) is 5.51 Å². The smallest absolute Gasteiger partial charge is 0.240 e. The van der Waals surface area contributed by atoms with Crippen molar-refractivity contribution in [1.82, 2.24) is 10.2 Å². The van der Waals surface area contributed by atoms with Crippen molar-refractivity contribution in [1.29, 1.82) is 0 Å². The van der Waals surface area contributed by atoms with Gasteiger partial charge in [-0.05, 0) is 25.0 Å². The molecule has 19 heavy (non-hydrogen) atoms. The van der Waals surface area contributed by atoms with Crippen molar-refractivity contribution in [3.05, 3.63) is 35.3 Å². The molecule has 0 fully saturated rings. The van der Waals surface area contributed by atoms with Crippen molar-refractivity contribution >= 4 is 34.7 Å². The molecule has 0 aliphatic carbocycles. The second-order valence-corrected chi connectivity index (χ2v) is 6.75. The quantitative estimate of drug-likeness (QED) is 0.816. The van der Waals surface area contributed by atoms with Gasteiger partial charge in [0, 0.05) is 12.2 Å². The van der Waals surface area contributed by atoms with Crippen molar-refractivity contribution in [2.45, 2.75) is 22.9 Å². The molecule has 1 unspecified atom stereocenters. The van der Waals surface area contributed by atoms with Crippen molar-refractivity contribution < 1.29 is 4.79 Å². The highest BCUT2D eigenvalue weighted by atomic mass is 32.2. The van der Waals surface area contributed by atoms with E-state index in [1.807, 2.05) is 30.0 Å². The number of carbonyl (C=O) groups is 1. The number of carbonyl (C=O) groups excluding carboxylic acids is 1. The van der Waals surface area contributed by atoms with Crippen LogP contribution in [0.15, 0.2) is 34.1 Å². The van der Waals surface area contributed by atoms with E-state index in [9.17, 15) is 4.79 Å². The van der Waals surface area contributed by atoms with Crippen molar-refractivity contribution in [3.8, 4) is 0 Å². The fraction of sp³-hybridized carbons (Fsp3) is 0.308. The highest BCUT2D eigenvalue weighted by Crippen LogP contribution is 2.31. The highest BCUT2D eigenvalue weighted by Gasteiger charge is 2.28. The minimum absolute atomic E-state index is 0.140. The Morgan fingerprint density at radius 2 is 2.32 bits per heavy atom. The number of amides is 1. The topological polar surface area (TPSA) is 46.1 Å². The second-order valence-electron chi connectivity index (χ2n) is 4.33. The lowest BCUT2D eigenvalue weighted by atomic mass is 10.2. The summed E-state index contributed by atoms with van der Waals surface area (Å²) in [4.78, 5) is 14.4. The van der Waals surface area contributed by atoms with Crippen LogP contribution in [0.25, 0.3) is 0 Å². The molecular formula is C13H13N3OS2. The van der Waals surface area contributed by atoms with Crippen LogP contribution in [0.2, 0.25) is 0 Å². The summed E-state index contributed by atoms with van der Waals surface area (Å²) in [5, 5.41) is 7.62. The third-order valence-electron chi connectivity index (χ3n) is 3.12. The van der Waals surface area contributed by atoms with Crippen molar-refractivity contribution in [2.24, 2.45) is 0 Å². The Balaban J connectivity index is 1.74. The maximum Gasteiger partial charge on any atom is 0.240 e. The summed E-state index contributed by atoms with van der Waals surface area (Å²) >= 11 is 2.94. The van der Waals surface area contributed by atoms with Gasteiger partial charge in [-0.2, -0.15) is 0 Å². The monoisotopic (exact) mass is 291 g/mol. The molecule has 1 aromatic carbocycles. The molecule has 0 N–H and O–H groups in total. The first-order chi connectivity index (χ1) is 9.25. The zero-order valence-corrected chi connectivity index (χ0v) is 12.1. The van der Waals surface area contributed by atoms with Crippen molar-refractivity contribution in [3.63, 3.8) is 0 Å². The number of hydrogen-bond donors (Lipinski definition) is 0. The number of fused-ring (bicyclic) bond motifs is 1. The molecule has 0 saturated heterocycles. The molecule has 1 amide bonds. The molecule has 0 radical (unpaired) electrons. The molecule has 2 aromatic rings. The SMILES string of the molecule is CC(Sc1nncs1)C(=O)N1CCc2ccccc21. The van der Waals surface area contributed by atoms with Gasteiger partial charge in [0.05, 0.1) is 5.25 Å². The molecule has 0 spiro atoms. The highest BCUT2D eigenvalue weighted by molar-refractivity contribution is 8.02. The molecule has 1 aliphatic heterocycles. The number of nitrogens with zero attached hydrogens (tertiary/aromatic N) is 3. The molecular weight excluding hydrogens is 278 g/mol. The number of anilines is 1. The molecule has 1 atom stereocenters. The zero-order valence-electron chi connectivity index (χ0n) is 10.4. The van der Waals surface area contributed by atoms with Gasteiger partial charge in [0.2, 0.25) is 5.91 Å². The molecule has 6 heteroatoms. The number of benzene rings is 1. The number of aromatic nitrogens is 2. The van der Waals surface area contributed by atoms with Crippen LogP contribution in [0.4, 0.5) is 5.69 Å². The lowest BCUT2D eigenvalue weighted by Gasteiger charge is -2.20. The minimum atomic E-state index is -0.140. The first-order valence-corrected chi connectivity index (χ1v) is 7.84. The number of para-hydroxylation sites is 1. The molecule has 1 aliphatic rings. The van der Waals surface area contributed by atoms with Gasteiger partial charge >= 0.3 is 0 Å². The van der Waals surface area contributed by atoms with E-state index in [4.69, 9.17) is 0 Å². The van der Waals surface area contributed by atoms with Crippen molar-refractivity contribution in [2.75, 3.05) is 11.4 Å². The second kappa shape index (κ2) is 5.30. The average molecular weight is 291 g/mol. The predicted octanol–water partition coefficient (Wildman–Crippen LogP) is 2.61. The molecule has 2 heterocycles. The molecule has 0 bridgehead atoms. The molecule has 98 valence electrons. The largest absolute Gasteiger partial charge is 0.311 e. The average Bonchev–Trinajstić information content (AvgIpc) is 3.06. The summed E-state index contributed by atoms with van der Waals surface area (Å²) in [6, 6.07) is 8.10. The van der Waals surface area contributed by atoms with E-state index in [2.05, 4.69) is 16.3 Å². The first-order valence-electron chi connectivity index (χ1n) is 6.08.